The van der Waals surface area contributed by atoms with Crippen molar-refractivity contribution in [2.24, 2.45) is 0 Å². The van der Waals surface area contributed by atoms with E-state index in [1.165, 1.54) is 5.56 Å². The number of unbranched alkanes of at least 4 members (excludes halogenated alkanes) is 1. The molecule has 0 amide bonds. The summed E-state index contributed by atoms with van der Waals surface area (Å²) < 4.78 is 26.3. The maximum Gasteiger partial charge on any atom is 0.494 e. The van der Waals surface area contributed by atoms with Gasteiger partial charge in [0.15, 0.2) is 0 Å². The van der Waals surface area contributed by atoms with Crippen molar-refractivity contribution in [2.75, 3.05) is 5.88 Å². The smallest absolute Gasteiger partial charge is 0.400 e. The summed E-state index contributed by atoms with van der Waals surface area (Å²) in [5, 5.41) is 0. The van der Waals surface area contributed by atoms with E-state index in [0.29, 0.717) is 5.88 Å². The van der Waals surface area contributed by atoms with Gasteiger partial charge in [-0.25, -0.2) is 0 Å². The molecule has 0 aromatic heterocycles. The van der Waals surface area contributed by atoms with Gasteiger partial charge in [-0.15, -0.1) is 11.6 Å². The number of hydrogen-bond acceptors (Lipinski definition) is 4. The summed E-state index contributed by atoms with van der Waals surface area (Å²) in [6.07, 6.45) is 4.33. The third-order valence-corrected chi connectivity index (χ3v) is 8.41. The van der Waals surface area contributed by atoms with E-state index >= 15 is 0 Å². The minimum Gasteiger partial charge on any atom is -0.400 e. The number of allylic oxidation sites excluding steroid dienone is 3. The van der Waals surface area contributed by atoms with Crippen molar-refractivity contribution in [3.63, 3.8) is 0 Å². The van der Waals surface area contributed by atoms with Crippen LogP contribution in [0.1, 0.15) is 86.6 Å². The predicted octanol–water partition coefficient (Wildman–Crippen LogP) is 7.14. The van der Waals surface area contributed by atoms with Crippen LogP contribution in [0.5, 0.6) is 0 Å². The molecule has 2 saturated heterocycles. The fourth-order valence-corrected chi connectivity index (χ4v) is 4.55. The highest BCUT2D eigenvalue weighted by atomic mass is 35.5. The molecule has 35 heavy (non-hydrogen) atoms. The highest BCUT2D eigenvalue weighted by molar-refractivity contribution is 6.63. The average molecular weight is 501 g/mol. The second-order valence-electron chi connectivity index (χ2n) is 11.9. The van der Waals surface area contributed by atoms with Gasteiger partial charge in [0.25, 0.3) is 0 Å². The van der Waals surface area contributed by atoms with Gasteiger partial charge in [-0.2, -0.15) is 0 Å². The van der Waals surface area contributed by atoms with Gasteiger partial charge in [-0.05, 0) is 104 Å². The van der Waals surface area contributed by atoms with E-state index in [4.69, 9.17) is 30.2 Å². The molecule has 0 N–H and O–H groups in total. The van der Waals surface area contributed by atoms with E-state index in [1.807, 2.05) is 6.07 Å². The number of alkyl halides is 1. The normalized spacial score (nSPS) is 22.9. The Balaban J connectivity index is 2.07. The first-order valence-electron chi connectivity index (χ1n) is 12.9. The van der Waals surface area contributed by atoms with Crippen molar-refractivity contribution in [1.29, 1.82) is 0 Å². The minimum absolute atomic E-state index is 0.448. The first-order valence-corrected chi connectivity index (χ1v) is 13.5. The van der Waals surface area contributed by atoms with Crippen molar-refractivity contribution < 1.29 is 18.6 Å². The lowest BCUT2D eigenvalue weighted by Crippen LogP contribution is -2.41. The van der Waals surface area contributed by atoms with Crippen LogP contribution in [0.15, 0.2) is 53.4 Å². The summed E-state index contributed by atoms with van der Waals surface area (Å²) in [6.45, 7) is 21.2. The Hall–Kier alpha value is -1.04. The summed E-state index contributed by atoms with van der Waals surface area (Å²) in [5.74, 6) is 0.640. The maximum absolute atomic E-state index is 6.58. The minimum atomic E-state index is -0.534. The largest absolute Gasteiger partial charge is 0.494 e. The quantitative estimate of drug-likeness (QED) is 0.148. The highest BCUT2D eigenvalue weighted by Crippen LogP contribution is 2.44. The van der Waals surface area contributed by atoms with Gasteiger partial charge in [0.05, 0.1) is 22.4 Å². The van der Waals surface area contributed by atoms with Gasteiger partial charge in [0.2, 0.25) is 0 Å². The molecule has 2 fully saturated rings. The molecular formula is C28H43B2ClO4. The first-order chi connectivity index (χ1) is 16.2. The van der Waals surface area contributed by atoms with Gasteiger partial charge in [0, 0.05) is 5.88 Å². The van der Waals surface area contributed by atoms with Crippen molar-refractivity contribution in [1.82, 2.24) is 0 Å². The molecule has 0 unspecified atom stereocenters. The number of rotatable bonds is 10. The molecule has 0 aliphatic carbocycles. The Bertz CT molecular complexity index is 892. The summed E-state index contributed by atoms with van der Waals surface area (Å²) in [7, 11) is -1.03. The van der Waals surface area contributed by atoms with Crippen molar-refractivity contribution in [2.45, 2.75) is 110 Å². The number of benzene rings is 1. The fourth-order valence-electron chi connectivity index (χ4n) is 4.36. The third kappa shape index (κ3) is 6.27. The second kappa shape index (κ2) is 10.8. The topological polar surface area (TPSA) is 36.9 Å². The number of halogens is 1. The van der Waals surface area contributed by atoms with E-state index in [9.17, 15) is 0 Å². The molecule has 2 heterocycles. The Morgan fingerprint density at radius 1 is 0.743 bits per heavy atom. The van der Waals surface area contributed by atoms with Crippen LogP contribution < -0.4 is 0 Å². The maximum atomic E-state index is 6.58. The Morgan fingerprint density at radius 3 is 1.71 bits per heavy atom. The van der Waals surface area contributed by atoms with Gasteiger partial charge < -0.3 is 18.6 Å². The van der Waals surface area contributed by atoms with Crippen LogP contribution in [-0.4, -0.2) is 42.5 Å². The lowest BCUT2D eigenvalue weighted by Gasteiger charge is -2.32. The molecule has 0 bridgehead atoms. The molecule has 2 aliphatic heterocycles. The molecular weight excluding hydrogens is 457 g/mol. The Labute approximate surface area is 219 Å². The van der Waals surface area contributed by atoms with Crippen LogP contribution in [-0.2, 0) is 25.0 Å². The summed E-state index contributed by atoms with van der Waals surface area (Å²) in [4.78, 5) is 0. The van der Waals surface area contributed by atoms with Gasteiger partial charge in [-0.3, -0.25) is 0 Å². The van der Waals surface area contributed by atoms with Crippen molar-refractivity contribution >= 4 is 25.8 Å². The zero-order chi connectivity index (χ0) is 26.1. The zero-order valence-electron chi connectivity index (χ0n) is 23.0. The van der Waals surface area contributed by atoms with E-state index in [2.05, 4.69) is 86.2 Å². The summed E-state index contributed by atoms with van der Waals surface area (Å²) in [6, 6.07) is 10.5. The predicted molar refractivity (Wildman–Crippen MR) is 148 cm³/mol. The molecule has 0 atom stereocenters. The van der Waals surface area contributed by atoms with Crippen LogP contribution in [0, 0.1) is 0 Å². The van der Waals surface area contributed by atoms with E-state index in [1.54, 1.807) is 0 Å². The van der Waals surface area contributed by atoms with E-state index in [-0.39, 0.29) is 0 Å². The molecule has 0 spiro atoms. The summed E-state index contributed by atoms with van der Waals surface area (Å²) in [5.41, 5.74) is 2.50. The molecule has 3 rings (SSSR count). The van der Waals surface area contributed by atoms with E-state index < -0.39 is 36.6 Å². The van der Waals surface area contributed by atoms with Crippen LogP contribution >= 0.6 is 11.6 Å². The monoisotopic (exact) mass is 500 g/mol. The number of hydrogen-bond donors (Lipinski definition) is 0. The molecule has 0 saturated carbocycles. The molecule has 192 valence electrons. The third-order valence-electron chi connectivity index (χ3n) is 8.14. The van der Waals surface area contributed by atoms with Crippen LogP contribution in [0.4, 0.5) is 0 Å². The fraction of sp³-hybridized carbons (Fsp3) is 0.643. The average Bonchev–Trinajstić information content (AvgIpc) is 3.10. The highest BCUT2D eigenvalue weighted by Gasteiger charge is 2.56. The lowest BCUT2D eigenvalue weighted by atomic mass is 9.60. The zero-order valence-corrected chi connectivity index (χ0v) is 23.8. The van der Waals surface area contributed by atoms with Gasteiger partial charge >= 0.3 is 14.2 Å². The SMILES string of the molecule is C=C(CCCCCl)/C(B1OC(C)(C)C(C)(C)O1)=C(/CCc1ccccc1)B1OC(C)(C)C(C)(C)O1. The Morgan fingerprint density at radius 2 is 1.23 bits per heavy atom. The molecule has 2 aliphatic rings. The molecule has 4 nitrogen and oxygen atoms in total. The van der Waals surface area contributed by atoms with Crippen molar-refractivity contribution in [3.8, 4) is 0 Å². The first kappa shape index (κ1) is 28.5. The van der Waals surface area contributed by atoms with Gasteiger partial charge in [0.1, 0.15) is 0 Å². The molecule has 1 aromatic carbocycles. The second-order valence-corrected chi connectivity index (χ2v) is 12.2. The van der Waals surface area contributed by atoms with E-state index in [0.717, 1.165) is 48.6 Å². The van der Waals surface area contributed by atoms with Crippen LogP contribution in [0.25, 0.3) is 0 Å². The molecule has 0 radical (unpaired) electrons. The van der Waals surface area contributed by atoms with Crippen LogP contribution in [0.3, 0.4) is 0 Å². The lowest BCUT2D eigenvalue weighted by molar-refractivity contribution is 0.00578. The number of aryl methyl sites for hydroxylation is 1. The molecule has 1 aromatic rings. The standard InChI is InChI=1S/C28H43B2ClO4/c1-21(15-13-14-20-31)24(30-34-27(6,7)28(8,9)35-30)23(19-18-22-16-11-10-12-17-22)29-32-25(2,3)26(4,5)33-29/h10-12,16-17H,1,13-15,18-20H2,2-9H3/b24-23+. The Kier molecular flexibility index (Phi) is 8.76. The van der Waals surface area contributed by atoms with Crippen LogP contribution in [0.2, 0.25) is 0 Å². The van der Waals surface area contributed by atoms with Crippen molar-refractivity contribution in [3.05, 3.63) is 59.0 Å². The van der Waals surface area contributed by atoms with Gasteiger partial charge in [-0.1, -0.05) is 42.5 Å². The molecule has 7 heteroatoms. The summed E-state index contributed by atoms with van der Waals surface area (Å²) >= 11 is 5.98.